The van der Waals surface area contributed by atoms with Gasteiger partial charge in [0, 0.05) is 18.3 Å². The summed E-state index contributed by atoms with van der Waals surface area (Å²) in [6.45, 7) is 0.762. The Morgan fingerprint density at radius 3 is 2.63 bits per heavy atom. The molecule has 2 aromatic carbocycles. The van der Waals surface area contributed by atoms with Crippen molar-refractivity contribution in [3.8, 4) is 5.88 Å². The SMILES string of the molecule is O=C1N=c2ccccc2=C1c1sc(=O)n(CC(=O)N2CCc3ccccc3C2)c1O. The van der Waals surface area contributed by atoms with E-state index in [1.165, 1.54) is 5.56 Å². The van der Waals surface area contributed by atoms with Crippen LogP contribution in [0.25, 0.3) is 5.57 Å². The number of fused-ring (bicyclic) bond motifs is 2. The van der Waals surface area contributed by atoms with Gasteiger partial charge in [0.1, 0.15) is 11.4 Å². The second kappa shape index (κ2) is 7.07. The number of amides is 2. The molecule has 0 fully saturated rings. The van der Waals surface area contributed by atoms with Gasteiger partial charge in [0.15, 0.2) is 0 Å². The molecule has 30 heavy (non-hydrogen) atoms. The number of carbonyl (C=O) groups is 2. The fourth-order valence-electron chi connectivity index (χ4n) is 3.93. The highest BCUT2D eigenvalue weighted by molar-refractivity contribution is 7.11. The highest BCUT2D eigenvalue weighted by atomic mass is 32.1. The van der Waals surface area contributed by atoms with Crippen molar-refractivity contribution in [1.29, 1.82) is 0 Å². The number of aromatic hydroxyl groups is 1. The second-order valence-corrected chi connectivity index (χ2v) is 8.21. The molecule has 0 aliphatic carbocycles. The lowest BCUT2D eigenvalue weighted by Crippen LogP contribution is -2.39. The highest BCUT2D eigenvalue weighted by Crippen LogP contribution is 2.28. The number of benzene rings is 2. The van der Waals surface area contributed by atoms with Crippen molar-refractivity contribution in [3.05, 3.63) is 84.8 Å². The summed E-state index contributed by atoms with van der Waals surface area (Å²) in [6.07, 6.45) is 0.752. The van der Waals surface area contributed by atoms with Crippen molar-refractivity contribution in [1.82, 2.24) is 9.47 Å². The fraction of sp³-hybridized carbons (Fsp3) is 0.182. The zero-order valence-electron chi connectivity index (χ0n) is 15.9. The monoisotopic (exact) mass is 419 g/mol. The maximum absolute atomic E-state index is 12.8. The number of hydrogen-bond acceptors (Lipinski definition) is 5. The largest absolute Gasteiger partial charge is 0.493 e. The average molecular weight is 419 g/mol. The molecule has 0 saturated carbocycles. The molecule has 0 radical (unpaired) electrons. The number of thiazole rings is 1. The Labute approximate surface area is 174 Å². The highest BCUT2D eigenvalue weighted by Gasteiger charge is 2.28. The summed E-state index contributed by atoms with van der Waals surface area (Å²) >= 11 is 0.752. The lowest BCUT2D eigenvalue weighted by Gasteiger charge is -2.29. The number of carbonyl (C=O) groups excluding carboxylic acids is 2. The minimum Gasteiger partial charge on any atom is -0.493 e. The predicted molar refractivity (Wildman–Crippen MR) is 111 cm³/mol. The van der Waals surface area contributed by atoms with E-state index in [0.717, 1.165) is 27.9 Å². The van der Waals surface area contributed by atoms with Crippen molar-refractivity contribution < 1.29 is 14.7 Å². The molecule has 0 atom stereocenters. The van der Waals surface area contributed by atoms with Gasteiger partial charge in [-0.2, -0.15) is 0 Å². The number of para-hydroxylation sites is 1. The van der Waals surface area contributed by atoms with E-state index in [9.17, 15) is 19.5 Å². The van der Waals surface area contributed by atoms with E-state index in [4.69, 9.17) is 0 Å². The molecular formula is C22H17N3O4S. The molecule has 0 bridgehead atoms. The third-order valence-corrected chi connectivity index (χ3v) is 6.47. The van der Waals surface area contributed by atoms with Crippen molar-refractivity contribution in [3.63, 3.8) is 0 Å². The van der Waals surface area contributed by atoms with E-state index >= 15 is 0 Å². The molecule has 5 rings (SSSR count). The second-order valence-electron chi connectivity index (χ2n) is 7.25. The van der Waals surface area contributed by atoms with Gasteiger partial charge in [0.25, 0.3) is 5.91 Å². The molecular weight excluding hydrogens is 402 g/mol. The zero-order chi connectivity index (χ0) is 20.8. The van der Waals surface area contributed by atoms with Crippen LogP contribution in [0.1, 0.15) is 16.0 Å². The minimum absolute atomic E-state index is 0.149. The summed E-state index contributed by atoms with van der Waals surface area (Å²) in [5, 5.41) is 11.8. The van der Waals surface area contributed by atoms with Gasteiger partial charge in [-0.05, 0) is 23.6 Å². The van der Waals surface area contributed by atoms with Gasteiger partial charge in [0.05, 0.1) is 10.9 Å². The molecule has 0 saturated heterocycles. The molecule has 3 aromatic rings. The zero-order valence-corrected chi connectivity index (χ0v) is 16.7. The summed E-state index contributed by atoms with van der Waals surface area (Å²) < 4.78 is 1.03. The lowest BCUT2D eigenvalue weighted by molar-refractivity contribution is -0.132. The molecule has 150 valence electrons. The van der Waals surface area contributed by atoms with Crippen LogP contribution < -0.4 is 15.4 Å². The number of rotatable bonds is 3. The maximum Gasteiger partial charge on any atom is 0.311 e. The smallest absolute Gasteiger partial charge is 0.311 e. The summed E-state index contributed by atoms with van der Waals surface area (Å²) in [6, 6.07) is 14.9. The van der Waals surface area contributed by atoms with Crippen LogP contribution >= 0.6 is 11.3 Å². The van der Waals surface area contributed by atoms with E-state index in [2.05, 4.69) is 11.1 Å². The first kappa shape index (κ1) is 18.5. The van der Waals surface area contributed by atoms with Gasteiger partial charge in [-0.25, -0.2) is 4.99 Å². The van der Waals surface area contributed by atoms with Crippen LogP contribution in [-0.2, 0) is 29.1 Å². The van der Waals surface area contributed by atoms with Gasteiger partial charge in [-0.3, -0.25) is 19.0 Å². The van der Waals surface area contributed by atoms with Crippen molar-refractivity contribution in [2.45, 2.75) is 19.5 Å². The molecule has 2 aliphatic rings. The Morgan fingerprint density at radius 1 is 1.07 bits per heavy atom. The van der Waals surface area contributed by atoms with E-state index in [1.54, 1.807) is 29.2 Å². The molecule has 8 heteroatoms. The number of hydrogen-bond donors (Lipinski definition) is 1. The summed E-state index contributed by atoms with van der Waals surface area (Å²) in [5.41, 5.74) is 2.51. The molecule has 0 spiro atoms. The topological polar surface area (TPSA) is 92.0 Å². The van der Waals surface area contributed by atoms with E-state index in [0.29, 0.717) is 23.7 Å². The van der Waals surface area contributed by atoms with Crippen LogP contribution in [-0.4, -0.2) is 32.9 Å². The van der Waals surface area contributed by atoms with Gasteiger partial charge < -0.3 is 10.0 Å². The first-order chi connectivity index (χ1) is 14.5. The minimum atomic E-state index is -0.501. The summed E-state index contributed by atoms with van der Waals surface area (Å²) in [4.78, 5) is 43.1. The van der Waals surface area contributed by atoms with Crippen LogP contribution in [0, 0.1) is 0 Å². The number of nitrogens with zero attached hydrogens (tertiary/aromatic N) is 3. The third-order valence-electron chi connectivity index (χ3n) is 5.48. The standard InChI is InChI=1S/C22H17N3O4S/c26-17(24-10-9-13-5-1-2-6-14(13)11-24)12-25-21(28)19(30-22(25)29)18-15-7-3-4-8-16(15)23-20(18)27/h1-8,28H,9-12H2. The van der Waals surface area contributed by atoms with Crippen molar-refractivity contribution in [2.75, 3.05) is 6.54 Å². The summed E-state index contributed by atoms with van der Waals surface area (Å²) in [7, 11) is 0. The van der Waals surface area contributed by atoms with Crippen LogP contribution in [0.4, 0.5) is 0 Å². The molecule has 2 aliphatic heterocycles. The van der Waals surface area contributed by atoms with E-state index < -0.39 is 10.8 Å². The maximum atomic E-state index is 12.8. The predicted octanol–water partition coefficient (Wildman–Crippen LogP) is 0.559. The van der Waals surface area contributed by atoms with Gasteiger partial charge in [-0.15, -0.1) is 0 Å². The Kier molecular flexibility index (Phi) is 4.36. The lowest BCUT2D eigenvalue weighted by atomic mass is 10.00. The first-order valence-corrected chi connectivity index (χ1v) is 10.3. The Balaban J connectivity index is 1.46. The van der Waals surface area contributed by atoms with Gasteiger partial charge in [-0.1, -0.05) is 53.8 Å². The van der Waals surface area contributed by atoms with Crippen LogP contribution in [0.15, 0.2) is 58.3 Å². The van der Waals surface area contributed by atoms with Crippen molar-refractivity contribution >= 4 is 28.7 Å². The molecule has 2 amide bonds. The molecule has 3 heterocycles. The van der Waals surface area contributed by atoms with Gasteiger partial charge >= 0.3 is 4.87 Å². The Morgan fingerprint density at radius 2 is 1.80 bits per heavy atom. The van der Waals surface area contributed by atoms with Crippen LogP contribution in [0.2, 0.25) is 0 Å². The molecule has 1 aromatic heterocycles. The molecule has 7 nitrogen and oxygen atoms in total. The fourth-order valence-corrected chi connectivity index (χ4v) is 4.86. The first-order valence-electron chi connectivity index (χ1n) is 9.53. The van der Waals surface area contributed by atoms with Gasteiger partial charge in [0.2, 0.25) is 11.8 Å². The average Bonchev–Trinajstić information content (AvgIpc) is 3.23. The molecule has 0 unspecified atom stereocenters. The van der Waals surface area contributed by atoms with Crippen molar-refractivity contribution in [2.24, 2.45) is 4.99 Å². The quantitative estimate of drug-likeness (QED) is 0.672. The van der Waals surface area contributed by atoms with Crippen LogP contribution in [0.5, 0.6) is 5.88 Å². The normalized spacial score (nSPS) is 15.0. The molecule has 1 N–H and O–H groups in total. The van der Waals surface area contributed by atoms with E-state index in [-0.39, 0.29) is 28.8 Å². The van der Waals surface area contributed by atoms with E-state index in [1.807, 2.05) is 18.2 Å². The Bertz CT molecular complexity index is 1390. The number of aromatic nitrogens is 1. The van der Waals surface area contributed by atoms with Crippen LogP contribution in [0.3, 0.4) is 0 Å². The third kappa shape index (κ3) is 2.96. The Hall–Kier alpha value is -3.52. The summed E-state index contributed by atoms with van der Waals surface area (Å²) in [5.74, 6) is -1.12.